The molecular formula is C32H40N4O2. The predicted octanol–water partition coefficient (Wildman–Crippen LogP) is 5.40. The number of aromatic nitrogens is 2. The van der Waals surface area contributed by atoms with E-state index < -0.39 is 0 Å². The Kier molecular flexibility index (Phi) is 6.28. The Morgan fingerprint density at radius 1 is 0.947 bits per heavy atom. The summed E-state index contributed by atoms with van der Waals surface area (Å²) in [5.74, 6) is 2.51. The van der Waals surface area contributed by atoms with Crippen LogP contribution >= 0.6 is 0 Å². The lowest BCUT2D eigenvalue weighted by molar-refractivity contribution is 0.0378. The largest absolute Gasteiger partial charge is 0.381 e. The lowest BCUT2D eigenvalue weighted by Gasteiger charge is -2.43. The zero-order valence-electron chi connectivity index (χ0n) is 22.8. The number of pyridine rings is 2. The zero-order valence-corrected chi connectivity index (χ0v) is 22.8. The average Bonchev–Trinajstić information content (AvgIpc) is 3.34. The SMILES string of the molecule is C[C@@H]1CN(c2cc(=O)n(C)c3ncccc23)C[C@@H]2c3ccc(C4CCC(C5CCOCC5)CC4)cc3CN12. The van der Waals surface area contributed by atoms with Gasteiger partial charge in [0.2, 0.25) is 0 Å². The Morgan fingerprint density at radius 2 is 1.74 bits per heavy atom. The van der Waals surface area contributed by atoms with Crippen molar-refractivity contribution < 1.29 is 4.74 Å². The summed E-state index contributed by atoms with van der Waals surface area (Å²) in [6.45, 7) is 7.15. The summed E-state index contributed by atoms with van der Waals surface area (Å²) in [4.78, 5) is 22.4. The Morgan fingerprint density at radius 3 is 2.55 bits per heavy atom. The highest BCUT2D eigenvalue weighted by Crippen LogP contribution is 2.45. The van der Waals surface area contributed by atoms with Gasteiger partial charge in [0, 0.05) is 63.6 Å². The fraction of sp³-hybridized carbons (Fsp3) is 0.562. The molecule has 1 aliphatic carbocycles. The van der Waals surface area contributed by atoms with Gasteiger partial charge in [-0.25, -0.2) is 4.98 Å². The quantitative estimate of drug-likeness (QED) is 0.470. The standard InChI is InChI=1S/C32H40N4O2/c1-21-18-35(29-17-31(37)34(2)32-28(29)4-3-13-33-32)20-30-27-10-9-25(16-26(27)19-36(21)30)23-7-5-22(6-8-23)24-11-14-38-15-12-24/h3-4,9-10,13,16-17,21-24,30H,5-8,11-12,14-15,18-20H2,1-2H3/t21-,22?,23?,30-/m1/s1. The highest BCUT2D eigenvalue weighted by Gasteiger charge is 2.40. The summed E-state index contributed by atoms with van der Waals surface area (Å²) in [6.07, 6.45) is 9.74. The number of anilines is 1. The van der Waals surface area contributed by atoms with Gasteiger partial charge >= 0.3 is 0 Å². The maximum Gasteiger partial charge on any atom is 0.253 e. The third-order valence-electron chi connectivity index (χ3n) is 10.2. The second kappa shape index (κ2) is 9.80. The van der Waals surface area contributed by atoms with Crippen LogP contribution in [0.25, 0.3) is 11.0 Å². The molecule has 0 spiro atoms. The van der Waals surface area contributed by atoms with Crippen molar-refractivity contribution in [3.63, 3.8) is 0 Å². The summed E-state index contributed by atoms with van der Waals surface area (Å²) < 4.78 is 7.26. The molecule has 2 aromatic heterocycles. The Bertz CT molecular complexity index is 1390. The summed E-state index contributed by atoms with van der Waals surface area (Å²) >= 11 is 0. The van der Waals surface area contributed by atoms with E-state index in [1.807, 2.05) is 19.2 Å². The molecule has 4 aliphatic rings. The van der Waals surface area contributed by atoms with Crippen LogP contribution in [-0.2, 0) is 18.3 Å². The van der Waals surface area contributed by atoms with E-state index >= 15 is 0 Å². The Balaban J connectivity index is 1.11. The van der Waals surface area contributed by atoms with Crippen molar-refractivity contribution in [1.29, 1.82) is 0 Å². The number of aryl methyl sites for hydroxylation is 1. The summed E-state index contributed by atoms with van der Waals surface area (Å²) in [7, 11) is 1.81. The van der Waals surface area contributed by atoms with Gasteiger partial charge in [0.1, 0.15) is 5.65 Å². The summed E-state index contributed by atoms with van der Waals surface area (Å²) in [5.41, 5.74) is 6.34. The van der Waals surface area contributed by atoms with Gasteiger partial charge in [0.25, 0.3) is 5.56 Å². The minimum atomic E-state index is 0.00397. The first-order chi connectivity index (χ1) is 18.6. The molecule has 0 bridgehead atoms. The van der Waals surface area contributed by atoms with Crippen LogP contribution < -0.4 is 10.5 Å². The molecule has 200 valence electrons. The molecule has 0 amide bonds. The summed E-state index contributed by atoms with van der Waals surface area (Å²) in [5, 5.41) is 1.06. The van der Waals surface area contributed by atoms with Crippen molar-refractivity contribution in [3.05, 3.63) is 69.6 Å². The molecule has 0 unspecified atom stereocenters. The van der Waals surface area contributed by atoms with E-state index in [9.17, 15) is 4.79 Å². The van der Waals surface area contributed by atoms with Gasteiger partial charge in [-0.3, -0.25) is 14.3 Å². The highest BCUT2D eigenvalue weighted by atomic mass is 16.5. The fourth-order valence-corrected chi connectivity index (χ4v) is 8.03. The minimum absolute atomic E-state index is 0.00397. The van der Waals surface area contributed by atoms with Crippen LogP contribution in [0.1, 0.15) is 74.1 Å². The van der Waals surface area contributed by atoms with Crippen molar-refractivity contribution >= 4 is 16.7 Å². The third kappa shape index (κ3) is 4.17. The Hall–Kier alpha value is -2.70. The molecule has 6 heteroatoms. The topological polar surface area (TPSA) is 50.6 Å². The molecular weight excluding hydrogens is 472 g/mol. The zero-order chi connectivity index (χ0) is 25.8. The number of fused-ring (bicyclic) bond motifs is 4. The van der Waals surface area contributed by atoms with E-state index in [1.165, 1.54) is 49.7 Å². The molecule has 3 aromatic rings. The second-order valence-electron chi connectivity index (χ2n) is 12.3. The van der Waals surface area contributed by atoms with Crippen LogP contribution in [0.2, 0.25) is 0 Å². The number of nitrogens with zero attached hydrogens (tertiary/aromatic N) is 4. The lowest BCUT2D eigenvalue weighted by Crippen LogP contribution is -2.51. The van der Waals surface area contributed by atoms with Gasteiger partial charge < -0.3 is 9.64 Å². The van der Waals surface area contributed by atoms with Crippen molar-refractivity contribution in [2.45, 2.75) is 70.0 Å². The minimum Gasteiger partial charge on any atom is -0.381 e. The summed E-state index contributed by atoms with van der Waals surface area (Å²) in [6, 6.07) is 14.1. The van der Waals surface area contributed by atoms with E-state index in [4.69, 9.17) is 4.74 Å². The monoisotopic (exact) mass is 512 g/mol. The molecule has 0 radical (unpaired) electrons. The number of piperazine rings is 1. The number of benzene rings is 1. The first kappa shape index (κ1) is 24.3. The molecule has 1 aromatic carbocycles. The van der Waals surface area contributed by atoms with Gasteiger partial charge in [-0.05, 0) is 92.0 Å². The Labute approximate surface area is 225 Å². The first-order valence-electron chi connectivity index (χ1n) is 14.7. The maximum absolute atomic E-state index is 12.8. The average molecular weight is 513 g/mol. The molecule has 1 saturated carbocycles. The number of hydrogen-bond acceptors (Lipinski definition) is 5. The van der Waals surface area contributed by atoms with Crippen LogP contribution in [0, 0.1) is 11.8 Å². The molecule has 3 aliphatic heterocycles. The number of rotatable bonds is 3. The molecule has 2 atom stereocenters. The van der Waals surface area contributed by atoms with E-state index in [2.05, 4.69) is 46.0 Å². The van der Waals surface area contributed by atoms with E-state index in [1.54, 1.807) is 16.3 Å². The number of hydrogen-bond donors (Lipinski definition) is 0. The third-order valence-corrected chi connectivity index (χ3v) is 10.2. The van der Waals surface area contributed by atoms with Gasteiger partial charge in [0.15, 0.2) is 0 Å². The molecule has 6 nitrogen and oxygen atoms in total. The molecule has 0 N–H and O–H groups in total. The van der Waals surface area contributed by atoms with Gasteiger partial charge in [-0.1, -0.05) is 18.2 Å². The van der Waals surface area contributed by atoms with Gasteiger partial charge in [-0.15, -0.1) is 0 Å². The van der Waals surface area contributed by atoms with Crippen LogP contribution in [0.5, 0.6) is 0 Å². The lowest BCUT2D eigenvalue weighted by atomic mass is 9.71. The van der Waals surface area contributed by atoms with E-state index in [-0.39, 0.29) is 5.56 Å². The van der Waals surface area contributed by atoms with Gasteiger partial charge in [-0.2, -0.15) is 0 Å². The van der Waals surface area contributed by atoms with Crippen molar-refractivity contribution in [2.75, 3.05) is 31.2 Å². The molecule has 5 heterocycles. The normalized spacial score (nSPS) is 28.4. The molecule has 7 rings (SSSR count). The van der Waals surface area contributed by atoms with Crippen molar-refractivity contribution in [1.82, 2.24) is 14.5 Å². The first-order valence-corrected chi connectivity index (χ1v) is 14.7. The molecule has 38 heavy (non-hydrogen) atoms. The predicted molar refractivity (Wildman–Crippen MR) is 152 cm³/mol. The van der Waals surface area contributed by atoms with Crippen molar-refractivity contribution in [2.24, 2.45) is 18.9 Å². The van der Waals surface area contributed by atoms with Crippen LogP contribution in [0.4, 0.5) is 5.69 Å². The fourth-order valence-electron chi connectivity index (χ4n) is 8.03. The molecule has 3 fully saturated rings. The van der Waals surface area contributed by atoms with E-state index in [0.717, 1.165) is 61.4 Å². The highest BCUT2D eigenvalue weighted by molar-refractivity contribution is 5.89. The maximum atomic E-state index is 12.8. The van der Waals surface area contributed by atoms with Crippen LogP contribution in [0.15, 0.2) is 47.4 Å². The molecule has 2 saturated heterocycles. The van der Waals surface area contributed by atoms with Crippen molar-refractivity contribution in [3.8, 4) is 0 Å². The van der Waals surface area contributed by atoms with Crippen LogP contribution in [0.3, 0.4) is 0 Å². The second-order valence-corrected chi connectivity index (χ2v) is 12.3. The smallest absolute Gasteiger partial charge is 0.253 e. The van der Waals surface area contributed by atoms with Crippen LogP contribution in [-0.4, -0.2) is 46.8 Å². The number of ether oxygens (including phenoxy) is 1. The van der Waals surface area contributed by atoms with Gasteiger partial charge in [0.05, 0.1) is 11.7 Å². The van der Waals surface area contributed by atoms with E-state index in [0.29, 0.717) is 18.0 Å².